The number of amides is 3. The molecular formula is C21H25N3O3. The van der Waals surface area contributed by atoms with Gasteiger partial charge in [0, 0.05) is 30.9 Å². The number of para-hydroxylation sites is 2. The maximum atomic E-state index is 12.6. The first-order valence-corrected chi connectivity index (χ1v) is 9.18. The fourth-order valence-corrected chi connectivity index (χ4v) is 3.28. The number of nitrogens with one attached hydrogen (secondary N) is 2. The molecule has 1 saturated heterocycles. The molecule has 3 rings (SSSR count). The van der Waals surface area contributed by atoms with E-state index in [0.717, 1.165) is 29.8 Å². The minimum absolute atomic E-state index is 0.0295. The van der Waals surface area contributed by atoms with Crippen molar-refractivity contribution >= 4 is 17.6 Å². The highest BCUT2D eigenvalue weighted by atomic mass is 16.5. The van der Waals surface area contributed by atoms with Gasteiger partial charge in [0.25, 0.3) is 0 Å². The van der Waals surface area contributed by atoms with Crippen LogP contribution >= 0.6 is 0 Å². The van der Waals surface area contributed by atoms with Crippen molar-refractivity contribution < 1.29 is 14.3 Å². The van der Waals surface area contributed by atoms with Crippen LogP contribution in [0.1, 0.15) is 18.4 Å². The minimum Gasteiger partial charge on any atom is -0.496 e. The molecule has 1 fully saturated rings. The zero-order chi connectivity index (χ0) is 19.1. The lowest BCUT2D eigenvalue weighted by Gasteiger charge is -2.32. The molecule has 0 spiro atoms. The Morgan fingerprint density at radius 2 is 1.85 bits per heavy atom. The van der Waals surface area contributed by atoms with Gasteiger partial charge in [-0.2, -0.15) is 0 Å². The number of anilines is 1. The van der Waals surface area contributed by atoms with Crippen molar-refractivity contribution in [2.24, 2.45) is 5.92 Å². The second-order valence-corrected chi connectivity index (χ2v) is 6.61. The number of piperidine rings is 1. The second kappa shape index (κ2) is 9.07. The van der Waals surface area contributed by atoms with Crippen LogP contribution in [0.2, 0.25) is 0 Å². The van der Waals surface area contributed by atoms with E-state index in [0.29, 0.717) is 19.6 Å². The largest absolute Gasteiger partial charge is 0.496 e. The summed E-state index contributed by atoms with van der Waals surface area (Å²) in [6, 6.07) is 16.8. The number of methoxy groups -OCH3 is 1. The molecular weight excluding hydrogens is 342 g/mol. The fourth-order valence-electron chi connectivity index (χ4n) is 3.28. The van der Waals surface area contributed by atoms with E-state index < -0.39 is 0 Å². The molecule has 6 nitrogen and oxygen atoms in total. The van der Waals surface area contributed by atoms with Crippen LogP contribution in [0.3, 0.4) is 0 Å². The number of hydrogen-bond acceptors (Lipinski definition) is 3. The Hall–Kier alpha value is -3.02. The Labute approximate surface area is 159 Å². The van der Waals surface area contributed by atoms with Gasteiger partial charge < -0.3 is 20.3 Å². The van der Waals surface area contributed by atoms with Crippen molar-refractivity contribution in [3.05, 3.63) is 60.2 Å². The second-order valence-electron chi connectivity index (χ2n) is 6.61. The number of likely N-dealkylation sites (tertiary alicyclic amines) is 1. The van der Waals surface area contributed by atoms with Crippen molar-refractivity contribution in [2.75, 3.05) is 25.5 Å². The van der Waals surface area contributed by atoms with E-state index in [9.17, 15) is 9.59 Å². The number of carbonyl (C=O) groups is 2. The summed E-state index contributed by atoms with van der Waals surface area (Å²) in [5, 5.41) is 5.86. The number of nitrogens with zero attached hydrogens (tertiary/aromatic N) is 1. The summed E-state index contributed by atoms with van der Waals surface area (Å²) in [6.45, 7) is 1.50. The molecule has 27 heavy (non-hydrogen) atoms. The number of carbonyl (C=O) groups excluding carboxylic acids is 2. The first-order valence-electron chi connectivity index (χ1n) is 9.18. The van der Waals surface area contributed by atoms with E-state index in [4.69, 9.17) is 4.74 Å². The van der Waals surface area contributed by atoms with Crippen LogP contribution in [-0.2, 0) is 11.3 Å². The number of benzene rings is 2. The molecule has 0 aromatic heterocycles. The van der Waals surface area contributed by atoms with Gasteiger partial charge >= 0.3 is 6.03 Å². The van der Waals surface area contributed by atoms with Crippen LogP contribution in [0.5, 0.6) is 5.75 Å². The summed E-state index contributed by atoms with van der Waals surface area (Å²) in [5.41, 5.74) is 1.69. The summed E-state index contributed by atoms with van der Waals surface area (Å²) >= 11 is 0. The molecule has 1 aliphatic heterocycles. The van der Waals surface area contributed by atoms with Crippen LogP contribution in [0.4, 0.5) is 10.5 Å². The molecule has 1 aliphatic rings. The first kappa shape index (κ1) is 18.8. The third-order valence-corrected chi connectivity index (χ3v) is 4.75. The number of ether oxygens (including phenoxy) is 1. The van der Waals surface area contributed by atoms with Crippen LogP contribution in [-0.4, -0.2) is 37.0 Å². The third kappa shape index (κ3) is 5.00. The van der Waals surface area contributed by atoms with Gasteiger partial charge in [0.2, 0.25) is 5.91 Å². The number of hydrogen-bond donors (Lipinski definition) is 2. The van der Waals surface area contributed by atoms with Crippen molar-refractivity contribution in [2.45, 2.75) is 19.4 Å². The molecule has 0 bridgehead atoms. The van der Waals surface area contributed by atoms with Gasteiger partial charge in [-0.05, 0) is 31.0 Å². The molecule has 142 valence electrons. The van der Waals surface area contributed by atoms with Gasteiger partial charge in [-0.15, -0.1) is 0 Å². The minimum atomic E-state index is -0.199. The van der Waals surface area contributed by atoms with E-state index in [1.807, 2.05) is 54.6 Å². The maximum absolute atomic E-state index is 12.6. The van der Waals surface area contributed by atoms with E-state index in [2.05, 4.69) is 10.6 Å². The Morgan fingerprint density at radius 1 is 1.11 bits per heavy atom. The van der Waals surface area contributed by atoms with Gasteiger partial charge in [0.05, 0.1) is 13.0 Å². The van der Waals surface area contributed by atoms with Gasteiger partial charge in [-0.1, -0.05) is 36.4 Å². The Balaban J connectivity index is 1.54. The SMILES string of the molecule is COc1ccccc1CNC(=O)[C@@H]1CCCN(C(=O)Nc2ccccc2)C1. The molecule has 1 heterocycles. The van der Waals surface area contributed by atoms with Crippen LogP contribution < -0.4 is 15.4 Å². The average Bonchev–Trinajstić information content (AvgIpc) is 2.73. The molecule has 2 aromatic carbocycles. The van der Waals surface area contributed by atoms with Crippen molar-refractivity contribution in [1.29, 1.82) is 0 Å². The summed E-state index contributed by atoms with van der Waals surface area (Å²) in [7, 11) is 1.62. The predicted octanol–water partition coefficient (Wildman–Crippen LogP) is 3.26. The quantitative estimate of drug-likeness (QED) is 0.852. The third-order valence-electron chi connectivity index (χ3n) is 4.75. The lowest BCUT2D eigenvalue weighted by molar-refractivity contribution is -0.126. The Bertz CT molecular complexity index is 779. The van der Waals surface area contributed by atoms with Crippen LogP contribution in [0.15, 0.2) is 54.6 Å². The molecule has 1 atom stereocenters. The topological polar surface area (TPSA) is 70.7 Å². The lowest BCUT2D eigenvalue weighted by Crippen LogP contribution is -2.46. The first-order chi connectivity index (χ1) is 13.2. The summed E-state index contributed by atoms with van der Waals surface area (Å²) < 4.78 is 5.32. The van der Waals surface area contributed by atoms with E-state index in [-0.39, 0.29) is 17.9 Å². The van der Waals surface area contributed by atoms with Crippen molar-refractivity contribution in [1.82, 2.24) is 10.2 Å². The zero-order valence-electron chi connectivity index (χ0n) is 15.5. The maximum Gasteiger partial charge on any atom is 0.321 e. The molecule has 0 radical (unpaired) electrons. The molecule has 6 heteroatoms. The van der Waals surface area contributed by atoms with Gasteiger partial charge in [-0.25, -0.2) is 4.79 Å². The van der Waals surface area contributed by atoms with Gasteiger partial charge in [0.1, 0.15) is 5.75 Å². The highest BCUT2D eigenvalue weighted by molar-refractivity contribution is 5.90. The molecule has 2 aromatic rings. The van der Waals surface area contributed by atoms with Crippen molar-refractivity contribution in [3.8, 4) is 5.75 Å². The van der Waals surface area contributed by atoms with Crippen molar-refractivity contribution in [3.63, 3.8) is 0 Å². The predicted molar refractivity (Wildman–Crippen MR) is 105 cm³/mol. The van der Waals surface area contributed by atoms with Crippen LogP contribution in [0.25, 0.3) is 0 Å². The summed E-state index contributed by atoms with van der Waals surface area (Å²) in [4.78, 5) is 26.8. The number of urea groups is 1. The molecule has 2 N–H and O–H groups in total. The summed E-state index contributed by atoms with van der Waals surface area (Å²) in [6.07, 6.45) is 1.60. The Kier molecular flexibility index (Phi) is 6.30. The highest BCUT2D eigenvalue weighted by Crippen LogP contribution is 2.20. The molecule has 3 amide bonds. The number of rotatable bonds is 5. The van der Waals surface area contributed by atoms with Crippen LogP contribution in [0, 0.1) is 5.92 Å². The zero-order valence-corrected chi connectivity index (χ0v) is 15.5. The standard InChI is InChI=1S/C21H25N3O3/c1-27-19-12-6-5-8-16(19)14-22-20(25)17-9-7-13-24(15-17)21(26)23-18-10-3-2-4-11-18/h2-6,8,10-12,17H,7,9,13-15H2,1H3,(H,22,25)(H,23,26)/t17-/m1/s1. The highest BCUT2D eigenvalue weighted by Gasteiger charge is 2.28. The van der Waals surface area contributed by atoms with E-state index in [1.54, 1.807) is 12.0 Å². The lowest BCUT2D eigenvalue weighted by atomic mass is 9.97. The summed E-state index contributed by atoms with van der Waals surface area (Å²) in [5.74, 6) is 0.526. The normalized spacial score (nSPS) is 16.5. The smallest absolute Gasteiger partial charge is 0.321 e. The van der Waals surface area contributed by atoms with Gasteiger partial charge in [-0.3, -0.25) is 4.79 Å². The van der Waals surface area contributed by atoms with Gasteiger partial charge in [0.15, 0.2) is 0 Å². The van der Waals surface area contributed by atoms with E-state index in [1.165, 1.54) is 0 Å². The average molecular weight is 367 g/mol. The monoisotopic (exact) mass is 367 g/mol. The van der Waals surface area contributed by atoms with E-state index >= 15 is 0 Å². The molecule has 0 saturated carbocycles. The Morgan fingerprint density at radius 3 is 2.63 bits per heavy atom. The molecule has 0 aliphatic carbocycles. The fraction of sp³-hybridized carbons (Fsp3) is 0.333. The molecule has 0 unspecified atom stereocenters.